The molecule has 1 atom stereocenters. The number of para-hydroxylation sites is 2. The van der Waals surface area contributed by atoms with E-state index in [2.05, 4.69) is 20.8 Å². The number of benzene rings is 2. The number of nitrogens with one attached hydrogen (secondary N) is 3. The first-order chi connectivity index (χ1) is 13.9. The lowest BCUT2D eigenvalue weighted by Gasteiger charge is -2.14. The smallest absolute Gasteiger partial charge is 0.313 e. The van der Waals surface area contributed by atoms with Crippen molar-refractivity contribution in [2.75, 3.05) is 5.32 Å². The number of nitrogens with zero attached hydrogens (tertiary/aromatic N) is 1. The van der Waals surface area contributed by atoms with E-state index >= 15 is 0 Å². The summed E-state index contributed by atoms with van der Waals surface area (Å²) in [5.74, 6) is -1.47. The monoisotopic (exact) mass is 396 g/mol. The van der Waals surface area contributed by atoms with Gasteiger partial charge >= 0.3 is 11.8 Å². The average Bonchev–Trinajstić information content (AvgIpc) is 3.07. The fourth-order valence-corrected chi connectivity index (χ4v) is 2.73. The molecule has 0 aliphatic carbocycles. The summed E-state index contributed by atoms with van der Waals surface area (Å²) in [7, 11) is 0. The highest BCUT2D eigenvalue weighted by atomic mass is 19.1. The zero-order valence-electron chi connectivity index (χ0n) is 16.0. The predicted octanol–water partition coefficient (Wildman–Crippen LogP) is 3.34. The molecule has 0 radical (unpaired) electrons. The molecule has 0 bridgehead atoms. The number of H-pyrrole nitrogens is 1. The molecule has 29 heavy (non-hydrogen) atoms. The van der Waals surface area contributed by atoms with Gasteiger partial charge in [0.25, 0.3) is 0 Å². The molecule has 0 spiro atoms. The maximum absolute atomic E-state index is 13.4. The van der Waals surface area contributed by atoms with Gasteiger partial charge in [0.1, 0.15) is 11.6 Å². The van der Waals surface area contributed by atoms with Crippen molar-refractivity contribution in [3.63, 3.8) is 0 Å². The summed E-state index contributed by atoms with van der Waals surface area (Å²) in [6.45, 7) is 3.67. The highest BCUT2D eigenvalue weighted by Gasteiger charge is 2.19. The number of aromatic amines is 1. The van der Waals surface area contributed by atoms with Gasteiger partial charge < -0.3 is 15.4 Å². The lowest BCUT2D eigenvalue weighted by Crippen LogP contribution is -2.41. The third-order valence-corrected chi connectivity index (χ3v) is 4.02. The Morgan fingerprint density at radius 3 is 2.66 bits per heavy atom. The second kappa shape index (κ2) is 9.01. The molecule has 1 aromatic heterocycles. The van der Waals surface area contributed by atoms with Gasteiger partial charge in [-0.3, -0.25) is 14.7 Å². The molecule has 8 heteroatoms. The van der Waals surface area contributed by atoms with Crippen molar-refractivity contribution in [3.8, 4) is 11.5 Å². The number of hydrogen-bond donors (Lipinski definition) is 3. The van der Waals surface area contributed by atoms with Gasteiger partial charge in [-0.25, -0.2) is 4.39 Å². The highest BCUT2D eigenvalue weighted by Crippen LogP contribution is 2.29. The van der Waals surface area contributed by atoms with Crippen LogP contribution in [0.1, 0.15) is 18.3 Å². The highest BCUT2D eigenvalue weighted by molar-refractivity contribution is 6.39. The van der Waals surface area contributed by atoms with E-state index in [0.717, 1.165) is 11.4 Å². The molecule has 3 aromatic rings. The zero-order chi connectivity index (χ0) is 20.8. The zero-order valence-corrected chi connectivity index (χ0v) is 16.0. The molecule has 0 aliphatic rings. The Bertz CT molecular complexity index is 1020. The minimum atomic E-state index is -0.828. The normalized spacial score (nSPS) is 11.6. The van der Waals surface area contributed by atoms with Crippen LogP contribution in [0, 0.1) is 12.7 Å². The van der Waals surface area contributed by atoms with E-state index in [-0.39, 0.29) is 11.8 Å². The van der Waals surface area contributed by atoms with E-state index in [4.69, 9.17) is 4.74 Å². The number of carbonyl (C=O) groups excluding carboxylic acids is 2. The summed E-state index contributed by atoms with van der Waals surface area (Å²) in [6.07, 6.45) is 0.489. The van der Waals surface area contributed by atoms with Crippen molar-refractivity contribution in [1.82, 2.24) is 15.5 Å². The van der Waals surface area contributed by atoms with Crippen molar-refractivity contribution in [3.05, 3.63) is 71.8 Å². The predicted molar refractivity (Wildman–Crippen MR) is 106 cm³/mol. The lowest BCUT2D eigenvalue weighted by molar-refractivity contribution is -0.136. The number of amides is 2. The Hall–Kier alpha value is -3.68. The van der Waals surface area contributed by atoms with Gasteiger partial charge in [-0.15, -0.1) is 0 Å². The van der Waals surface area contributed by atoms with Gasteiger partial charge in [-0.05, 0) is 44.2 Å². The molecule has 0 unspecified atom stereocenters. The quantitative estimate of drug-likeness (QED) is 0.557. The number of aromatic nitrogens is 2. The number of rotatable bonds is 6. The number of anilines is 1. The second-order valence-electron chi connectivity index (χ2n) is 6.63. The Kier molecular flexibility index (Phi) is 6.23. The molecule has 7 nitrogen and oxygen atoms in total. The second-order valence-corrected chi connectivity index (χ2v) is 6.63. The summed E-state index contributed by atoms with van der Waals surface area (Å²) in [5, 5.41) is 12.1. The minimum Gasteiger partial charge on any atom is -0.455 e. The molecule has 0 aliphatic heterocycles. The summed E-state index contributed by atoms with van der Waals surface area (Å²) < 4.78 is 19.0. The van der Waals surface area contributed by atoms with Crippen LogP contribution in [0.2, 0.25) is 0 Å². The van der Waals surface area contributed by atoms with Gasteiger partial charge in [-0.1, -0.05) is 18.2 Å². The largest absolute Gasteiger partial charge is 0.455 e. The first kappa shape index (κ1) is 20.1. The maximum atomic E-state index is 13.4. The Balaban J connectivity index is 1.61. The van der Waals surface area contributed by atoms with Crippen LogP contribution in [0.25, 0.3) is 0 Å². The van der Waals surface area contributed by atoms with Crippen LogP contribution in [-0.4, -0.2) is 28.1 Å². The minimum absolute atomic E-state index is 0.277. The molecule has 150 valence electrons. The van der Waals surface area contributed by atoms with E-state index < -0.39 is 17.6 Å². The van der Waals surface area contributed by atoms with Crippen LogP contribution in [0.3, 0.4) is 0 Å². The molecule has 0 saturated heterocycles. The van der Waals surface area contributed by atoms with E-state index in [0.29, 0.717) is 17.9 Å². The van der Waals surface area contributed by atoms with Crippen LogP contribution >= 0.6 is 0 Å². The van der Waals surface area contributed by atoms with Crippen LogP contribution in [0.4, 0.5) is 10.1 Å². The molecule has 3 rings (SSSR count). The van der Waals surface area contributed by atoms with Gasteiger partial charge in [0.2, 0.25) is 0 Å². The first-order valence-electron chi connectivity index (χ1n) is 9.06. The summed E-state index contributed by atoms with van der Waals surface area (Å²) in [4.78, 5) is 24.5. The van der Waals surface area contributed by atoms with Crippen LogP contribution < -0.4 is 15.4 Å². The SMILES string of the molecule is Cc1cc(C[C@H](C)NC(=O)C(=O)Nc2ccccc2Oc2cccc(F)c2)n[nH]1. The molecular weight excluding hydrogens is 375 g/mol. The van der Waals surface area contributed by atoms with Gasteiger partial charge in [0.05, 0.1) is 11.4 Å². The number of hydrogen-bond acceptors (Lipinski definition) is 4. The molecule has 2 amide bonds. The molecular formula is C21H21FN4O3. The van der Waals surface area contributed by atoms with E-state index in [1.807, 2.05) is 13.0 Å². The van der Waals surface area contributed by atoms with E-state index in [1.54, 1.807) is 37.3 Å². The topological polar surface area (TPSA) is 96.1 Å². The van der Waals surface area contributed by atoms with Crippen molar-refractivity contribution < 1.29 is 18.7 Å². The number of halogens is 1. The third-order valence-electron chi connectivity index (χ3n) is 4.02. The Labute approximate surface area is 167 Å². The Morgan fingerprint density at radius 1 is 1.14 bits per heavy atom. The summed E-state index contributed by atoms with van der Waals surface area (Å²) in [5.41, 5.74) is 2.02. The van der Waals surface area contributed by atoms with Gasteiger partial charge in [-0.2, -0.15) is 5.10 Å². The summed E-state index contributed by atoms with van der Waals surface area (Å²) in [6, 6.07) is 13.8. The number of aryl methyl sites for hydroxylation is 1. The molecule has 0 saturated carbocycles. The summed E-state index contributed by atoms with van der Waals surface area (Å²) >= 11 is 0. The first-order valence-corrected chi connectivity index (χ1v) is 9.06. The lowest BCUT2D eigenvalue weighted by atomic mass is 10.2. The third kappa shape index (κ3) is 5.65. The number of ether oxygens (including phenoxy) is 1. The van der Waals surface area contributed by atoms with Gasteiger partial charge in [0, 0.05) is 24.2 Å². The van der Waals surface area contributed by atoms with Crippen LogP contribution in [0.5, 0.6) is 11.5 Å². The standard InChI is InChI=1S/C21H21FN4O3/c1-13(10-16-11-14(2)25-26-16)23-20(27)21(28)24-18-8-3-4-9-19(18)29-17-7-5-6-15(22)12-17/h3-9,11-13H,10H2,1-2H3,(H,23,27)(H,24,28)(H,25,26)/t13-/m0/s1. The van der Waals surface area contributed by atoms with E-state index in [1.165, 1.54) is 18.2 Å². The van der Waals surface area contributed by atoms with Crippen molar-refractivity contribution in [2.24, 2.45) is 0 Å². The van der Waals surface area contributed by atoms with Crippen molar-refractivity contribution >= 4 is 17.5 Å². The van der Waals surface area contributed by atoms with Crippen molar-refractivity contribution in [2.45, 2.75) is 26.3 Å². The van der Waals surface area contributed by atoms with Crippen LogP contribution in [-0.2, 0) is 16.0 Å². The van der Waals surface area contributed by atoms with E-state index in [9.17, 15) is 14.0 Å². The molecule has 2 aromatic carbocycles. The number of carbonyl (C=O) groups is 2. The Morgan fingerprint density at radius 2 is 1.93 bits per heavy atom. The van der Waals surface area contributed by atoms with Crippen molar-refractivity contribution in [1.29, 1.82) is 0 Å². The molecule has 3 N–H and O–H groups in total. The average molecular weight is 396 g/mol. The van der Waals surface area contributed by atoms with Crippen LogP contribution in [0.15, 0.2) is 54.6 Å². The fourth-order valence-electron chi connectivity index (χ4n) is 2.73. The molecule has 1 heterocycles. The molecule has 0 fully saturated rings. The fraction of sp³-hybridized carbons (Fsp3) is 0.190. The van der Waals surface area contributed by atoms with Gasteiger partial charge in [0.15, 0.2) is 5.75 Å². The maximum Gasteiger partial charge on any atom is 0.313 e.